The van der Waals surface area contributed by atoms with Gasteiger partial charge in [0.25, 0.3) is 0 Å². The quantitative estimate of drug-likeness (QED) is 0.768. The van der Waals surface area contributed by atoms with Crippen LogP contribution in [0.15, 0.2) is 42.7 Å². The molecule has 1 unspecified atom stereocenters. The Bertz CT molecular complexity index is 564. The summed E-state index contributed by atoms with van der Waals surface area (Å²) >= 11 is 0. The Balaban J connectivity index is 1.56. The highest BCUT2D eigenvalue weighted by Gasteiger charge is 2.16. The van der Waals surface area contributed by atoms with Gasteiger partial charge >= 0.3 is 0 Å². The normalized spacial score (nSPS) is 18.8. The van der Waals surface area contributed by atoms with Crippen molar-refractivity contribution in [1.29, 1.82) is 0 Å². The van der Waals surface area contributed by atoms with Crippen LogP contribution in [0.25, 0.3) is 10.9 Å². The van der Waals surface area contributed by atoms with E-state index < -0.39 is 0 Å². The molecule has 3 N–H and O–H groups in total. The van der Waals surface area contributed by atoms with Crippen molar-refractivity contribution in [3.8, 4) is 0 Å². The molecule has 1 saturated heterocycles. The predicted octanol–water partition coefficient (Wildman–Crippen LogP) is 2.57. The van der Waals surface area contributed by atoms with E-state index in [2.05, 4.69) is 52.7 Å². The minimum atomic E-state index is 0.461. The van der Waals surface area contributed by atoms with Gasteiger partial charge in [0, 0.05) is 35.4 Å². The summed E-state index contributed by atoms with van der Waals surface area (Å²) in [6, 6.07) is 8.91. The second-order valence-corrected chi connectivity index (χ2v) is 5.21. The third-order valence-electron chi connectivity index (χ3n) is 3.90. The Morgan fingerprint density at radius 3 is 3.11 bits per heavy atom. The second-order valence-electron chi connectivity index (χ2n) is 5.21. The van der Waals surface area contributed by atoms with Crippen LogP contribution in [-0.2, 0) is 6.42 Å². The van der Waals surface area contributed by atoms with Gasteiger partial charge in [0.15, 0.2) is 0 Å². The highest BCUT2D eigenvalue weighted by atomic mass is 15.0. The molecule has 19 heavy (non-hydrogen) atoms. The zero-order valence-electron chi connectivity index (χ0n) is 11.2. The van der Waals surface area contributed by atoms with Gasteiger partial charge in [-0.25, -0.2) is 0 Å². The third-order valence-corrected chi connectivity index (χ3v) is 3.90. The number of para-hydroxylation sites is 1. The molecule has 3 heteroatoms. The van der Waals surface area contributed by atoms with E-state index in [1.807, 2.05) is 0 Å². The lowest BCUT2D eigenvalue weighted by Gasteiger charge is -2.15. The summed E-state index contributed by atoms with van der Waals surface area (Å²) in [6.45, 7) is 6.20. The van der Waals surface area contributed by atoms with Gasteiger partial charge in [-0.15, -0.1) is 0 Å². The van der Waals surface area contributed by atoms with Gasteiger partial charge in [0.1, 0.15) is 0 Å². The van der Waals surface area contributed by atoms with E-state index in [4.69, 9.17) is 0 Å². The van der Waals surface area contributed by atoms with Gasteiger partial charge in [-0.2, -0.15) is 0 Å². The standard InChI is InChI=1S/C16H21N3/c1-12(15-7-4-9-18-15)17-10-8-13-11-19-16-6-3-2-5-14(13)16/h2-3,5-6,11,15,17-19H,1,4,7-10H2. The van der Waals surface area contributed by atoms with Crippen molar-refractivity contribution in [3.63, 3.8) is 0 Å². The van der Waals surface area contributed by atoms with Gasteiger partial charge < -0.3 is 15.6 Å². The maximum Gasteiger partial charge on any atom is 0.0463 e. The number of H-pyrrole nitrogens is 1. The topological polar surface area (TPSA) is 39.9 Å². The Morgan fingerprint density at radius 1 is 1.37 bits per heavy atom. The Hall–Kier alpha value is -1.74. The van der Waals surface area contributed by atoms with Crippen molar-refractivity contribution in [2.45, 2.75) is 25.3 Å². The van der Waals surface area contributed by atoms with Gasteiger partial charge in [-0.1, -0.05) is 24.8 Å². The van der Waals surface area contributed by atoms with Crippen molar-refractivity contribution in [2.75, 3.05) is 13.1 Å². The van der Waals surface area contributed by atoms with Gasteiger partial charge in [0.2, 0.25) is 0 Å². The number of nitrogens with one attached hydrogen (secondary N) is 3. The number of aromatic nitrogens is 1. The minimum Gasteiger partial charge on any atom is -0.387 e. The first kappa shape index (κ1) is 12.3. The van der Waals surface area contributed by atoms with Gasteiger partial charge in [-0.05, 0) is 37.4 Å². The molecule has 0 spiro atoms. The smallest absolute Gasteiger partial charge is 0.0463 e. The fourth-order valence-electron chi connectivity index (χ4n) is 2.80. The molecule has 1 aromatic heterocycles. The Morgan fingerprint density at radius 2 is 2.26 bits per heavy atom. The molecular weight excluding hydrogens is 234 g/mol. The molecule has 0 saturated carbocycles. The summed E-state index contributed by atoms with van der Waals surface area (Å²) in [6.07, 6.45) is 5.60. The van der Waals surface area contributed by atoms with Crippen LogP contribution in [0.4, 0.5) is 0 Å². The first-order valence-corrected chi connectivity index (χ1v) is 7.05. The van der Waals surface area contributed by atoms with Crippen LogP contribution in [-0.4, -0.2) is 24.1 Å². The van der Waals surface area contributed by atoms with Crippen molar-refractivity contribution in [1.82, 2.24) is 15.6 Å². The van der Waals surface area contributed by atoms with Crippen molar-refractivity contribution in [2.24, 2.45) is 0 Å². The summed E-state index contributed by atoms with van der Waals surface area (Å²) in [7, 11) is 0. The molecular formula is C16H21N3. The first-order chi connectivity index (χ1) is 9.34. The summed E-state index contributed by atoms with van der Waals surface area (Å²) in [5.74, 6) is 0. The van der Waals surface area contributed by atoms with Crippen LogP contribution < -0.4 is 10.6 Å². The molecule has 1 aliphatic rings. The second kappa shape index (κ2) is 5.49. The van der Waals surface area contributed by atoms with E-state index in [9.17, 15) is 0 Å². The number of hydrogen-bond donors (Lipinski definition) is 3. The molecule has 1 aromatic carbocycles. The molecule has 0 bridgehead atoms. The van der Waals surface area contributed by atoms with Crippen molar-refractivity contribution in [3.05, 3.63) is 48.3 Å². The Labute approximate surface area is 114 Å². The van der Waals surface area contributed by atoms with Crippen molar-refractivity contribution >= 4 is 10.9 Å². The number of rotatable bonds is 5. The summed E-state index contributed by atoms with van der Waals surface area (Å²) < 4.78 is 0. The maximum absolute atomic E-state index is 4.14. The lowest BCUT2D eigenvalue weighted by Crippen LogP contribution is -2.31. The number of benzene rings is 1. The Kier molecular flexibility index (Phi) is 3.56. The fraction of sp³-hybridized carbons (Fsp3) is 0.375. The largest absolute Gasteiger partial charge is 0.387 e. The molecule has 3 nitrogen and oxygen atoms in total. The average Bonchev–Trinajstić information content (AvgIpc) is 3.08. The van der Waals surface area contributed by atoms with E-state index in [-0.39, 0.29) is 0 Å². The molecule has 1 aliphatic heterocycles. The molecule has 3 rings (SSSR count). The lowest BCUT2D eigenvalue weighted by atomic mass is 10.1. The van der Waals surface area contributed by atoms with E-state index in [1.54, 1.807) is 0 Å². The van der Waals surface area contributed by atoms with Crippen LogP contribution in [0, 0.1) is 0 Å². The molecule has 0 amide bonds. The molecule has 1 fully saturated rings. The van der Waals surface area contributed by atoms with Crippen LogP contribution in [0.2, 0.25) is 0 Å². The average molecular weight is 255 g/mol. The fourth-order valence-corrected chi connectivity index (χ4v) is 2.80. The zero-order chi connectivity index (χ0) is 13.1. The number of fused-ring (bicyclic) bond motifs is 1. The van der Waals surface area contributed by atoms with Crippen LogP contribution in [0.3, 0.4) is 0 Å². The zero-order valence-corrected chi connectivity index (χ0v) is 11.2. The molecule has 0 radical (unpaired) electrons. The van der Waals surface area contributed by atoms with E-state index in [0.717, 1.165) is 25.2 Å². The van der Waals surface area contributed by atoms with Crippen LogP contribution in [0.5, 0.6) is 0 Å². The van der Waals surface area contributed by atoms with E-state index >= 15 is 0 Å². The lowest BCUT2D eigenvalue weighted by molar-refractivity contribution is 0.621. The third kappa shape index (κ3) is 2.66. The van der Waals surface area contributed by atoms with E-state index in [0.29, 0.717) is 6.04 Å². The SMILES string of the molecule is C=C(NCCc1c[nH]c2ccccc12)C1CCCN1. The predicted molar refractivity (Wildman–Crippen MR) is 80.2 cm³/mol. The van der Waals surface area contributed by atoms with Gasteiger partial charge in [-0.3, -0.25) is 0 Å². The van der Waals surface area contributed by atoms with Gasteiger partial charge in [0.05, 0.1) is 0 Å². The summed E-state index contributed by atoms with van der Waals surface area (Å²) in [5, 5.41) is 8.25. The van der Waals surface area contributed by atoms with E-state index in [1.165, 1.54) is 29.3 Å². The highest BCUT2D eigenvalue weighted by molar-refractivity contribution is 5.83. The monoisotopic (exact) mass is 255 g/mol. The number of hydrogen-bond acceptors (Lipinski definition) is 2. The summed E-state index contributed by atoms with van der Waals surface area (Å²) in [4.78, 5) is 3.32. The molecule has 2 aromatic rings. The van der Waals surface area contributed by atoms with Crippen LogP contribution >= 0.6 is 0 Å². The summed E-state index contributed by atoms with van der Waals surface area (Å²) in [5.41, 5.74) is 3.72. The minimum absolute atomic E-state index is 0.461. The molecule has 100 valence electrons. The maximum atomic E-state index is 4.14. The van der Waals surface area contributed by atoms with Crippen molar-refractivity contribution < 1.29 is 0 Å². The first-order valence-electron chi connectivity index (χ1n) is 7.05. The molecule has 2 heterocycles. The molecule has 1 atom stereocenters. The highest BCUT2D eigenvalue weighted by Crippen LogP contribution is 2.18. The number of aromatic amines is 1. The van der Waals surface area contributed by atoms with Crippen LogP contribution in [0.1, 0.15) is 18.4 Å². The molecule has 0 aliphatic carbocycles.